The van der Waals surface area contributed by atoms with Crippen molar-refractivity contribution >= 4 is 35.2 Å². The van der Waals surface area contributed by atoms with E-state index in [1.807, 2.05) is 31.5 Å². The molecule has 0 fully saturated rings. The first-order valence-electron chi connectivity index (χ1n) is 6.19. The Kier molecular flexibility index (Phi) is 7.16. The SMILES string of the molecule is CSCc1cccc(NC(=O)N(C)[C@H](C)CSC)c1. The van der Waals surface area contributed by atoms with Gasteiger partial charge < -0.3 is 10.2 Å². The molecule has 0 aliphatic rings. The standard InChI is InChI=1S/C14H22N2OS2/c1-11(9-18-3)16(2)14(17)15-13-7-5-6-12(8-13)10-19-4/h5-8,11H,9-10H2,1-4H3,(H,15,17)/t11-/m1/s1. The predicted molar refractivity (Wildman–Crippen MR) is 88.3 cm³/mol. The predicted octanol–water partition coefficient (Wildman–Crippen LogP) is 3.76. The molecule has 106 valence electrons. The van der Waals surface area contributed by atoms with Gasteiger partial charge in [0.15, 0.2) is 0 Å². The van der Waals surface area contributed by atoms with Crippen LogP contribution in [-0.2, 0) is 5.75 Å². The summed E-state index contributed by atoms with van der Waals surface area (Å²) in [6.07, 6.45) is 4.12. The number of hydrogen-bond acceptors (Lipinski definition) is 3. The van der Waals surface area contributed by atoms with Gasteiger partial charge in [0.2, 0.25) is 0 Å². The molecule has 1 aromatic carbocycles. The molecule has 2 amide bonds. The van der Waals surface area contributed by atoms with Gasteiger partial charge in [0.05, 0.1) is 0 Å². The molecule has 1 atom stereocenters. The molecule has 19 heavy (non-hydrogen) atoms. The van der Waals surface area contributed by atoms with Crippen LogP contribution in [0.4, 0.5) is 10.5 Å². The van der Waals surface area contributed by atoms with Gasteiger partial charge in [0.25, 0.3) is 0 Å². The summed E-state index contributed by atoms with van der Waals surface area (Å²) in [5, 5.41) is 2.95. The maximum atomic E-state index is 12.1. The van der Waals surface area contributed by atoms with Crippen molar-refractivity contribution in [3.8, 4) is 0 Å². The second-order valence-corrected chi connectivity index (χ2v) is 6.26. The lowest BCUT2D eigenvalue weighted by atomic mass is 10.2. The highest BCUT2D eigenvalue weighted by atomic mass is 32.2. The molecule has 0 radical (unpaired) electrons. The van der Waals surface area contributed by atoms with Crippen molar-refractivity contribution in [3.63, 3.8) is 0 Å². The summed E-state index contributed by atoms with van der Waals surface area (Å²) in [5.41, 5.74) is 2.09. The van der Waals surface area contributed by atoms with E-state index in [0.717, 1.165) is 17.2 Å². The van der Waals surface area contributed by atoms with Crippen molar-refractivity contribution < 1.29 is 4.79 Å². The molecule has 0 saturated heterocycles. The van der Waals surface area contributed by atoms with Crippen molar-refractivity contribution in [1.82, 2.24) is 4.90 Å². The summed E-state index contributed by atoms with van der Waals surface area (Å²) in [7, 11) is 1.84. The van der Waals surface area contributed by atoms with E-state index in [4.69, 9.17) is 0 Å². The van der Waals surface area contributed by atoms with Crippen LogP contribution in [0.1, 0.15) is 12.5 Å². The lowest BCUT2D eigenvalue weighted by Gasteiger charge is -2.24. The highest BCUT2D eigenvalue weighted by Crippen LogP contribution is 2.15. The van der Waals surface area contributed by atoms with Gasteiger partial charge in [-0.25, -0.2) is 4.79 Å². The first-order valence-corrected chi connectivity index (χ1v) is 8.98. The van der Waals surface area contributed by atoms with Gasteiger partial charge >= 0.3 is 6.03 Å². The number of anilines is 1. The fraction of sp³-hybridized carbons (Fsp3) is 0.500. The summed E-state index contributed by atoms with van der Waals surface area (Å²) < 4.78 is 0. The van der Waals surface area contributed by atoms with Gasteiger partial charge in [0, 0.05) is 30.3 Å². The molecule has 1 N–H and O–H groups in total. The van der Waals surface area contributed by atoms with E-state index in [0.29, 0.717) is 0 Å². The Morgan fingerprint density at radius 2 is 2.11 bits per heavy atom. The average Bonchev–Trinajstić information content (AvgIpc) is 2.39. The lowest BCUT2D eigenvalue weighted by molar-refractivity contribution is 0.212. The molecular formula is C14H22N2OS2. The first kappa shape index (κ1) is 16.2. The molecule has 1 aromatic rings. The van der Waals surface area contributed by atoms with Crippen molar-refractivity contribution in [2.45, 2.75) is 18.7 Å². The zero-order chi connectivity index (χ0) is 14.3. The van der Waals surface area contributed by atoms with E-state index in [-0.39, 0.29) is 12.1 Å². The third-order valence-electron chi connectivity index (χ3n) is 2.88. The Morgan fingerprint density at radius 1 is 1.37 bits per heavy atom. The van der Waals surface area contributed by atoms with Gasteiger partial charge in [0.1, 0.15) is 0 Å². The highest BCUT2D eigenvalue weighted by molar-refractivity contribution is 7.98. The minimum atomic E-state index is -0.0529. The zero-order valence-electron chi connectivity index (χ0n) is 12.0. The fourth-order valence-corrected chi connectivity index (χ4v) is 2.89. The number of rotatable bonds is 6. The molecule has 5 heteroatoms. The Bertz CT molecular complexity index is 412. The zero-order valence-corrected chi connectivity index (χ0v) is 13.6. The number of urea groups is 1. The molecule has 1 rings (SSSR count). The molecule has 0 aliphatic heterocycles. The van der Waals surface area contributed by atoms with Gasteiger partial charge in [-0.3, -0.25) is 0 Å². The van der Waals surface area contributed by atoms with Gasteiger partial charge in [-0.15, -0.1) is 0 Å². The normalized spacial score (nSPS) is 12.0. The van der Waals surface area contributed by atoms with Crippen molar-refractivity contribution in [2.75, 3.05) is 30.6 Å². The molecular weight excluding hydrogens is 276 g/mol. The summed E-state index contributed by atoms with van der Waals surface area (Å²) in [6.45, 7) is 2.06. The number of thioether (sulfide) groups is 2. The van der Waals surface area contributed by atoms with Crippen molar-refractivity contribution in [2.24, 2.45) is 0 Å². The third kappa shape index (κ3) is 5.37. The fourth-order valence-electron chi connectivity index (χ4n) is 1.67. The number of benzene rings is 1. The maximum absolute atomic E-state index is 12.1. The highest BCUT2D eigenvalue weighted by Gasteiger charge is 2.15. The molecule has 0 aliphatic carbocycles. The molecule has 0 heterocycles. The second-order valence-electron chi connectivity index (χ2n) is 4.48. The molecule has 3 nitrogen and oxygen atoms in total. The number of carbonyl (C=O) groups is 1. The summed E-state index contributed by atoms with van der Waals surface area (Å²) in [6, 6.07) is 8.18. The average molecular weight is 298 g/mol. The van der Waals surface area contributed by atoms with Gasteiger partial charge in [-0.05, 0) is 37.1 Å². The van der Waals surface area contributed by atoms with E-state index >= 15 is 0 Å². The molecule has 0 aromatic heterocycles. The molecule has 0 bridgehead atoms. The number of amides is 2. The van der Waals surface area contributed by atoms with E-state index < -0.39 is 0 Å². The smallest absolute Gasteiger partial charge is 0.321 e. The Balaban J connectivity index is 2.63. The number of nitrogens with zero attached hydrogens (tertiary/aromatic N) is 1. The molecule has 0 saturated carbocycles. The van der Waals surface area contributed by atoms with Crippen LogP contribution in [0.25, 0.3) is 0 Å². The maximum Gasteiger partial charge on any atom is 0.321 e. The van der Waals surface area contributed by atoms with E-state index in [1.165, 1.54) is 5.56 Å². The largest absolute Gasteiger partial charge is 0.324 e. The summed E-state index contributed by atoms with van der Waals surface area (Å²) in [4.78, 5) is 13.8. The first-order chi connectivity index (χ1) is 9.08. The van der Waals surface area contributed by atoms with Crippen LogP contribution < -0.4 is 5.32 Å². The Labute approximate surface area is 124 Å². The van der Waals surface area contributed by atoms with Crippen LogP contribution in [0.15, 0.2) is 24.3 Å². The van der Waals surface area contributed by atoms with Crippen molar-refractivity contribution in [3.05, 3.63) is 29.8 Å². The molecule has 0 unspecified atom stereocenters. The van der Waals surface area contributed by atoms with Crippen LogP contribution in [0, 0.1) is 0 Å². The van der Waals surface area contributed by atoms with Crippen LogP contribution >= 0.6 is 23.5 Å². The summed E-state index contributed by atoms with van der Waals surface area (Å²) >= 11 is 3.52. The third-order valence-corrected chi connectivity index (χ3v) is 4.32. The van der Waals surface area contributed by atoms with Gasteiger partial charge in [-0.1, -0.05) is 12.1 Å². The Morgan fingerprint density at radius 3 is 2.74 bits per heavy atom. The second kappa shape index (κ2) is 8.38. The topological polar surface area (TPSA) is 32.3 Å². The van der Waals surface area contributed by atoms with Crippen LogP contribution in [0.3, 0.4) is 0 Å². The van der Waals surface area contributed by atoms with E-state index in [2.05, 4.69) is 24.6 Å². The number of carbonyl (C=O) groups excluding carboxylic acids is 1. The number of nitrogens with one attached hydrogen (secondary N) is 1. The quantitative estimate of drug-likeness (QED) is 0.868. The van der Waals surface area contributed by atoms with E-state index in [1.54, 1.807) is 28.4 Å². The monoisotopic (exact) mass is 298 g/mol. The Hall–Kier alpha value is -0.810. The minimum absolute atomic E-state index is 0.0529. The van der Waals surface area contributed by atoms with Crippen LogP contribution in [0.5, 0.6) is 0 Å². The van der Waals surface area contributed by atoms with Crippen molar-refractivity contribution in [1.29, 1.82) is 0 Å². The summed E-state index contributed by atoms with van der Waals surface area (Å²) in [5.74, 6) is 1.90. The minimum Gasteiger partial charge on any atom is -0.324 e. The van der Waals surface area contributed by atoms with E-state index in [9.17, 15) is 4.79 Å². The lowest BCUT2D eigenvalue weighted by Crippen LogP contribution is -2.39. The van der Waals surface area contributed by atoms with Gasteiger partial charge in [-0.2, -0.15) is 23.5 Å². The number of hydrogen-bond donors (Lipinski definition) is 1. The molecule has 0 spiro atoms. The van der Waals surface area contributed by atoms with Crippen LogP contribution in [-0.4, -0.2) is 42.3 Å². The van der Waals surface area contributed by atoms with Crippen LogP contribution in [0.2, 0.25) is 0 Å².